The minimum atomic E-state index is 0.420. The van der Waals surface area contributed by atoms with E-state index in [1.807, 2.05) is 0 Å². The van der Waals surface area contributed by atoms with Crippen LogP contribution in [0.5, 0.6) is 0 Å². The average Bonchev–Trinajstić information content (AvgIpc) is 3.08. The third-order valence-electron chi connectivity index (χ3n) is 5.13. The molecular weight excluding hydrogens is 276 g/mol. The molecule has 2 bridgehead atoms. The first kappa shape index (κ1) is 14.8. The molecule has 2 aliphatic carbocycles. The van der Waals surface area contributed by atoms with Gasteiger partial charge in [0.2, 0.25) is 0 Å². The standard InChI is InChI=1S/C18H26N2S/c1-13(2)20(12-14-6-4-3-5-7-14)18(21)19-17-11-15-8-9-16(17)10-15/h3-7,13,15-17H,8-12H2,1-2H3,(H,19,21). The van der Waals surface area contributed by atoms with Crippen LogP contribution >= 0.6 is 12.2 Å². The zero-order valence-electron chi connectivity index (χ0n) is 13.1. The third kappa shape index (κ3) is 3.39. The summed E-state index contributed by atoms with van der Waals surface area (Å²) >= 11 is 5.72. The van der Waals surface area contributed by atoms with Crippen molar-refractivity contribution >= 4 is 17.3 Å². The van der Waals surface area contributed by atoms with E-state index in [-0.39, 0.29) is 0 Å². The Morgan fingerprint density at radius 1 is 1.24 bits per heavy atom. The van der Waals surface area contributed by atoms with E-state index in [4.69, 9.17) is 12.2 Å². The summed E-state index contributed by atoms with van der Waals surface area (Å²) in [5.41, 5.74) is 1.32. The molecule has 3 rings (SSSR count). The molecule has 1 N–H and O–H groups in total. The van der Waals surface area contributed by atoms with Gasteiger partial charge in [0.05, 0.1) is 0 Å². The molecule has 2 fully saturated rings. The van der Waals surface area contributed by atoms with Crippen LogP contribution in [0.15, 0.2) is 30.3 Å². The first-order valence-corrected chi connectivity index (χ1v) is 8.65. The zero-order chi connectivity index (χ0) is 14.8. The number of thiocarbonyl (C=S) groups is 1. The summed E-state index contributed by atoms with van der Waals surface area (Å²) in [7, 11) is 0. The van der Waals surface area contributed by atoms with Crippen molar-refractivity contribution in [2.75, 3.05) is 0 Å². The van der Waals surface area contributed by atoms with Gasteiger partial charge in [-0.25, -0.2) is 0 Å². The maximum Gasteiger partial charge on any atom is 0.169 e. The van der Waals surface area contributed by atoms with Gasteiger partial charge in [0.15, 0.2) is 5.11 Å². The lowest BCUT2D eigenvalue weighted by atomic mass is 9.95. The zero-order valence-corrected chi connectivity index (χ0v) is 13.9. The fourth-order valence-electron chi connectivity index (χ4n) is 3.93. The summed E-state index contributed by atoms with van der Waals surface area (Å²) < 4.78 is 0. The smallest absolute Gasteiger partial charge is 0.169 e. The molecule has 0 amide bonds. The molecule has 3 heteroatoms. The van der Waals surface area contributed by atoms with Gasteiger partial charge in [-0.15, -0.1) is 0 Å². The van der Waals surface area contributed by atoms with E-state index in [0.717, 1.165) is 23.5 Å². The Labute approximate surface area is 133 Å². The predicted molar refractivity (Wildman–Crippen MR) is 92.1 cm³/mol. The summed E-state index contributed by atoms with van der Waals surface area (Å²) in [6.45, 7) is 5.33. The fraction of sp³-hybridized carbons (Fsp3) is 0.611. The van der Waals surface area contributed by atoms with Gasteiger partial charge in [0.1, 0.15) is 0 Å². The summed E-state index contributed by atoms with van der Waals surface area (Å²) in [6.07, 6.45) is 5.57. The molecule has 0 heterocycles. The van der Waals surface area contributed by atoms with Crippen LogP contribution in [0, 0.1) is 11.8 Å². The average molecular weight is 302 g/mol. The number of hydrogen-bond acceptors (Lipinski definition) is 1. The molecule has 0 radical (unpaired) electrons. The van der Waals surface area contributed by atoms with Gasteiger partial charge in [0.25, 0.3) is 0 Å². The molecule has 21 heavy (non-hydrogen) atoms. The highest BCUT2D eigenvalue weighted by Gasteiger charge is 2.40. The molecule has 0 aromatic heterocycles. The second-order valence-corrected chi connectivity index (χ2v) is 7.32. The summed E-state index contributed by atoms with van der Waals surface area (Å²) in [5, 5.41) is 4.61. The van der Waals surface area contributed by atoms with Crippen molar-refractivity contribution in [3.05, 3.63) is 35.9 Å². The molecule has 0 saturated heterocycles. The summed E-state index contributed by atoms with van der Waals surface area (Å²) in [6, 6.07) is 11.7. The molecule has 2 aliphatic rings. The van der Waals surface area contributed by atoms with E-state index < -0.39 is 0 Å². The molecular formula is C18H26N2S. The van der Waals surface area contributed by atoms with Gasteiger partial charge in [-0.05, 0) is 62.7 Å². The number of hydrogen-bond donors (Lipinski definition) is 1. The number of nitrogens with one attached hydrogen (secondary N) is 1. The van der Waals surface area contributed by atoms with Crippen molar-refractivity contribution in [1.82, 2.24) is 10.2 Å². The van der Waals surface area contributed by atoms with Crippen molar-refractivity contribution in [3.63, 3.8) is 0 Å². The first-order valence-electron chi connectivity index (χ1n) is 8.24. The minimum Gasteiger partial charge on any atom is -0.360 e. The van der Waals surface area contributed by atoms with Crippen LogP contribution in [0.25, 0.3) is 0 Å². The highest BCUT2D eigenvalue weighted by molar-refractivity contribution is 7.80. The normalized spacial score (nSPS) is 27.1. The molecule has 2 saturated carbocycles. The second-order valence-electron chi connectivity index (χ2n) is 6.94. The SMILES string of the molecule is CC(C)N(Cc1ccccc1)C(=S)NC1CC2CCC1C2. The van der Waals surface area contributed by atoms with Gasteiger partial charge >= 0.3 is 0 Å². The van der Waals surface area contributed by atoms with Crippen molar-refractivity contribution in [2.45, 2.75) is 58.2 Å². The Morgan fingerprint density at radius 3 is 2.57 bits per heavy atom. The molecule has 0 aliphatic heterocycles. The van der Waals surface area contributed by atoms with Gasteiger partial charge in [-0.2, -0.15) is 0 Å². The van der Waals surface area contributed by atoms with Gasteiger partial charge in [0, 0.05) is 18.6 Å². The molecule has 3 atom stereocenters. The van der Waals surface area contributed by atoms with Crippen molar-refractivity contribution in [2.24, 2.45) is 11.8 Å². The van der Waals surface area contributed by atoms with Gasteiger partial charge < -0.3 is 10.2 Å². The molecule has 114 valence electrons. The van der Waals surface area contributed by atoms with Crippen LogP contribution in [0.2, 0.25) is 0 Å². The number of rotatable bonds is 4. The second kappa shape index (κ2) is 6.35. The van der Waals surface area contributed by atoms with E-state index >= 15 is 0 Å². The van der Waals surface area contributed by atoms with Crippen molar-refractivity contribution in [1.29, 1.82) is 0 Å². The number of benzene rings is 1. The Hall–Kier alpha value is -1.09. The minimum absolute atomic E-state index is 0.420. The quantitative estimate of drug-likeness (QED) is 0.848. The largest absolute Gasteiger partial charge is 0.360 e. The molecule has 1 aromatic carbocycles. The topological polar surface area (TPSA) is 15.3 Å². The number of nitrogens with zero attached hydrogens (tertiary/aromatic N) is 1. The Kier molecular flexibility index (Phi) is 4.48. The van der Waals surface area contributed by atoms with Crippen LogP contribution in [0.3, 0.4) is 0 Å². The predicted octanol–water partition coefficient (Wildman–Crippen LogP) is 3.96. The van der Waals surface area contributed by atoms with Crippen LogP contribution in [-0.4, -0.2) is 22.1 Å². The third-order valence-corrected chi connectivity index (χ3v) is 5.48. The maximum atomic E-state index is 5.72. The van der Waals surface area contributed by atoms with Crippen LogP contribution in [0.4, 0.5) is 0 Å². The van der Waals surface area contributed by atoms with Crippen molar-refractivity contribution in [3.8, 4) is 0 Å². The molecule has 1 aromatic rings. The lowest BCUT2D eigenvalue weighted by Crippen LogP contribution is -2.48. The van der Waals surface area contributed by atoms with Crippen LogP contribution in [-0.2, 0) is 6.54 Å². The Morgan fingerprint density at radius 2 is 2.00 bits per heavy atom. The maximum absolute atomic E-state index is 5.72. The highest BCUT2D eigenvalue weighted by Crippen LogP contribution is 2.44. The monoisotopic (exact) mass is 302 g/mol. The van der Waals surface area contributed by atoms with Crippen molar-refractivity contribution < 1.29 is 0 Å². The van der Waals surface area contributed by atoms with Gasteiger partial charge in [-0.3, -0.25) is 0 Å². The van der Waals surface area contributed by atoms with Gasteiger partial charge in [-0.1, -0.05) is 36.8 Å². The molecule has 2 nitrogen and oxygen atoms in total. The van der Waals surface area contributed by atoms with E-state index in [0.29, 0.717) is 12.1 Å². The number of fused-ring (bicyclic) bond motifs is 2. The van der Waals surface area contributed by atoms with Crippen LogP contribution < -0.4 is 5.32 Å². The van der Waals surface area contributed by atoms with E-state index in [2.05, 4.69) is 54.4 Å². The Balaban J connectivity index is 1.62. The Bertz CT molecular complexity index is 485. The van der Waals surface area contributed by atoms with E-state index in [1.54, 1.807) is 0 Å². The lowest BCUT2D eigenvalue weighted by molar-refractivity contribution is 0.316. The van der Waals surface area contributed by atoms with E-state index in [9.17, 15) is 0 Å². The molecule has 3 unspecified atom stereocenters. The lowest BCUT2D eigenvalue weighted by Gasteiger charge is -2.33. The molecule has 0 spiro atoms. The van der Waals surface area contributed by atoms with Crippen LogP contribution in [0.1, 0.15) is 45.1 Å². The van der Waals surface area contributed by atoms with E-state index in [1.165, 1.54) is 31.2 Å². The fourth-order valence-corrected chi connectivity index (χ4v) is 4.36. The first-order chi connectivity index (χ1) is 10.1. The highest BCUT2D eigenvalue weighted by atomic mass is 32.1. The summed E-state index contributed by atoms with van der Waals surface area (Å²) in [5.74, 6) is 1.82. The summed E-state index contributed by atoms with van der Waals surface area (Å²) in [4.78, 5) is 2.32.